The van der Waals surface area contributed by atoms with E-state index in [1.807, 2.05) is 19.1 Å². The Morgan fingerprint density at radius 2 is 1.88 bits per heavy atom. The van der Waals surface area contributed by atoms with Gasteiger partial charge in [0.25, 0.3) is 11.1 Å². The molecule has 0 aliphatic carbocycles. The molecule has 168 valence electrons. The first-order valence-electron chi connectivity index (χ1n) is 9.81. The number of halogens is 2. The molecule has 10 heteroatoms. The Morgan fingerprint density at radius 1 is 1.15 bits per heavy atom. The summed E-state index contributed by atoms with van der Waals surface area (Å²) in [6.07, 6.45) is 3.28. The molecular formula is C23H16Cl2N2O5S. The Balaban J connectivity index is 1.53. The molecule has 3 aromatic rings. The van der Waals surface area contributed by atoms with E-state index in [1.54, 1.807) is 12.1 Å². The van der Waals surface area contributed by atoms with Gasteiger partial charge in [0.15, 0.2) is 11.0 Å². The average Bonchev–Trinajstić information content (AvgIpc) is 3.03. The zero-order valence-corrected chi connectivity index (χ0v) is 19.5. The molecule has 33 heavy (non-hydrogen) atoms. The smallest absolute Gasteiger partial charge is 0.294 e. The molecule has 0 saturated carbocycles. The quantitative estimate of drug-likeness (QED) is 0.473. The molecule has 0 spiro atoms. The molecule has 7 nitrogen and oxygen atoms in total. The maximum atomic E-state index is 12.8. The predicted octanol–water partition coefficient (Wildman–Crippen LogP) is 5.34. The molecule has 2 heterocycles. The molecule has 1 aliphatic rings. The summed E-state index contributed by atoms with van der Waals surface area (Å²) in [6, 6.07) is 10.1. The summed E-state index contributed by atoms with van der Waals surface area (Å²) in [5, 5.41) is 2.63. The third-order valence-electron chi connectivity index (χ3n) is 4.93. The Morgan fingerprint density at radius 3 is 2.58 bits per heavy atom. The van der Waals surface area contributed by atoms with Crippen molar-refractivity contribution in [1.82, 2.24) is 4.90 Å². The zero-order valence-electron chi connectivity index (χ0n) is 17.2. The van der Waals surface area contributed by atoms with Crippen molar-refractivity contribution in [2.75, 3.05) is 11.9 Å². The van der Waals surface area contributed by atoms with Gasteiger partial charge in [-0.05, 0) is 54.1 Å². The average molecular weight is 503 g/mol. The molecule has 1 aromatic heterocycles. The van der Waals surface area contributed by atoms with E-state index in [0.29, 0.717) is 17.4 Å². The molecule has 4 rings (SSSR count). The number of benzene rings is 2. The van der Waals surface area contributed by atoms with Crippen LogP contribution < -0.4 is 10.7 Å². The van der Waals surface area contributed by atoms with Crippen LogP contribution in [0.2, 0.25) is 10.0 Å². The highest BCUT2D eigenvalue weighted by atomic mass is 35.5. The maximum Gasteiger partial charge on any atom is 0.294 e. The van der Waals surface area contributed by atoms with Crippen LogP contribution >= 0.6 is 35.0 Å². The standard InChI is InChI=1S/C23H16Cl2N2O5S/c1-2-12-3-5-15(6-4-12)26-19(28)10-27-22(30)18(33-23(27)31)7-13-11-32-21-16(20(13)29)8-14(24)9-17(21)25/h3-9,11H,2,10H2,1H3,(H,26,28)/b18-7-. The van der Waals surface area contributed by atoms with Gasteiger partial charge < -0.3 is 9.73 Å². The lowest BCUT2D eigenvalue weighted by atomic mass is 10.1. The zero-order chi connectivity index (χ0) is 23.7. The van der Waals surface area contributed by atoms with E-state index < -0.39 is 29.0 Å². The number of carbonyl (C=O) groups is 3. The van der Waals surface area contributed by atoms with Crippen LogP contribution in [-0.4, -0.2) is 28.5 Å². The minimum absolute atomic E-state index is 0.000117. The number of nitrogens with one attached hydrogen (secondary N) is 1. The Bertz CT molecular complexity index is 1380. The number of aryl methyl sites for hydroxylation is 1. The first-order valence-corrected chi connectivity index (χ1v) is 11.4. The van der Waals surface area contributed by atoms with Crippen LogP contribution in [0, 0.1) is 0 Å². The van der Waals surface area contributed by atoms with E-state index in [9.17, 15) is 19.2 Å². The second-order valence-corrected chi connectivity index (χ2v) is 8.99. The van der Waals surface area contributed by atoms with Crippen LogP contribution in [0.25, 0.3) is 17.0 Å². The number of amides is 3. The number of thioether (sulfide) groups is 1. The fourth-order valence-electron chi connectivity index (χ4n) is 3.23. The molecular weight excluding hydrogens is 487 g/mol. The summed E-state index contributed by atoms with van der Waals surface area (Å²) in [4.78, 5) is 51.1. The van der Waals surface area contributed by atoms with Gasteiger partial charge in [0.1, 0.15) is 12.8 Å². The number of nitrogens with zero attached hydrogens (tertiary/aromatic N) is 1. The highest BCUT2D eigenvalue weighted by Crippen LogP contribution is 2.32. The highest BCUT2D eigenvalue weighted by molar-refractivity contribution is 8.18. The van der Waals surface area contributed by atoms with Crippen LogP contribution in [0.1, 0.15) is 18.1 Å². The topological polar surface area (TPSA) is 96.7 Å². The molecule has 2 aromatic carbocycles. The van der Waals surface area contributed by atoms with Crippen molar-refractivity contribution < 1.29 is 18.8 Å². The van der Waals surface area contributed by atoms with Gasteiger partial charge in [-0.1, -0.05) is 42.3 Å². The van der Waals surface area contributed by atoms with Gasteiger partial charge in [0.2, 0.25) is 5.91 Å². The van der Waals surface area contributed by atoms with Crippen molar-refractivity contribution in [2.24, 2.45) is 0 Å². The van der Waals surface area contributed by atoms with E-state index in [2.05, 4.69) is 5.32 Å². The number of anilines is 1. The Kier molecular flexibility index (Phi) is 6.60. The van der Waals surface area contributed by atoms with Crippen molar-refractivity contribution in [1.29, 1.82) is 0 Å². The summed E-state index contributed by atoms with van der Waals surface area (Å²) in [5.41, 5.74) is 1.44. The Labute approximate surface area is 202 Å². The minimum Gasteiger partial charge on any atom is -0.462 e. The van der Waals surface area contributed by atoms with E-state index in [0.717, 1.165) is 23.1 Å². The summed E-state index contributed by atoms with van der Waals surface area (Å²) < 4.78 is 5.44. The summed E-state index contributed by atoms with van der Waals surface area (Å²) in [6.45, 7) is 1.57. The van der Waals surface area contributed by atoms with Crippen LogP contribution in [0.5, 0.6) is 0 Å². The monoisotopic (exact) mass is 502 g/mol. The van der Waals surface area contributed by atoms with E-state index in [-0.39, 0.29) is 31.5 Å². The molecule has 1 N–H and O–H groups in total. The normalized spacial score (nSPS) is 15.0. The van der Waals surface area contributed by atoms with Gasteiger partial charge in [0, 0.05) is 10.7 Å². The number of carbonyl (C=O) groups excluding carboxylic acids is 3. The van der Waals surface area contributed by atoms with Crippen LogP contribution in [-0.2, 0) is 16.0 Å². The van der Waals surface area contributed by atoms with Crippen molar-refractivity contribution in [3.05, 3.63) is 79.0 Å². The second-order valence-electron chi connectivity index (χ2n) is 7.15. The van der Waals surface area contributed by atoms with Crippen molar-refractivity contribution in [2.45, 2.75) is 13.3 Å². The van der Waals surface area contributed by atoms with Gasteiger partial charge in [-0.3, -0.25) is 24.1 Å². The lowest BCUT2D eigenvalue weighted by Gasteiger charge is -2.12. The predicted molar refractivity (Wildman–Crippen MR) is 130 cm³/mol. The first-order chi connectivity index (χ1) is 15.8. The van der Waals surface area contributed by atoms with Gasteiger partial charge in [-0.25, -0.2) is 0 Å². The van der Waals surface area contributed by atoms with Crippen molar-refractivity contribution in [3.63, 3.8) is 0 Å². The molecule has 0 atom stereocenters. The molecule has 1 aliphatic heterocycles. The minimum atomic E-state index is -0.676. The molecule has 3 amide bonds. The Hall–Kier alpha value is -3.07. The second kappa shape index (κ2) is 9.43. The number of fused-ring (bicyclic) bond motifs is 1. The van der Waals surface area contributed by atoms with Crippen molar-refractivity contribution >= 4 is 74.7 Å². The SMILES string of the molecule is CCc1ccc(NC(=O)CN2C(=O)S/C(=C\c3coc4c(Cl)cc(Cl)cc4c3=O)C2=O)cc1. The third kappa shape index (κ3) is 4.83. The number of hydrogen-bond donors (Lipinski definition) is 1. The molecule has 1 saturated heterocycles. The summed E-state index contributed by atoms with van der Waals surface area (Å²) in [7, 11) is 0. The lowest BCUT2D eigenvalue weighted by Crippen LogP contribution is -2.36. The molecule has 0 radical (unpaired) electrons. The maximum absolute atomic E-state index is 12.8. The summed E-state index contributed by atoms with van der Waals surface area (Å²) >= 11 is 12.7. The fraction of sp³-hybridized carbons (Fsp3) is 0.130. The molecule has 1 fully saturated rings. The van der Waals surface area contributed by atoms with Crippen LogP contribution in [0.15, 0.2) is 56.8 Å². The number of imide groups is 1. The van der Waals surface area contributed by atoms with E-state index in [1.165, 1.54) is 18.2 Å². The van der Waals surface area contributed by atoms with Gasteiger partial charge in [0.05, 0.1) is 20.9 Å². The van der Waals surface area contributed by atoms with Crippen LogP contribution in [0.4, 0.5) is 10.5 Å². The van der Waals surface area contributed by atoms with Crippen molar-refractivity contribution in [3.8, 4) is 0 Å². The van der Waals surface area contributed by atoms with Gasteiger partial charge >= 0.3 is 0 Å². The van der Waals surface area contributed by atoms with Crippen LogP contribution in [0.3, 0.4) is 0 Å². The van der Waals surface area contributed by atoms with Gasteiger partial charge in [-0.15, -0.1) is 0 Å². The highest BCUT2D eigenvalue weighted by Gasteiger charge is 2.36. The number of rotatable bonds is 5. The largest absolute Gasteiger partial charge is 0.462 e. The first kappa shape index (κ1) is 23.1. The third-order valence-corrected chi connectivity index (χ3v) is 6.33. The lowest BCUT2D eigenvalue weighted by molar-refractivity contribution is -0.127. The molecule has 0 bridgehead atoms. The molecule has 0 unspecified atom stereocenters. The number of hydrogen-bond acceptors (Lipinski definition) is 6. The van der Waals surface area contributed by atoms with E-state index in [4.69, 9.17) is 27.6 Å². The van der Waals surface area contributed by atoms with E-state index >= 15 is 0 Å². The fourth-order valence-corrected chi connectivity index (χ4v) is 4.59. The summed E-state index contributed by atoms with van der Waals surface area (Å²) in [5.74, 6) is -1.19. The van der Waals surface area contributed by atoms with Gasteiger partial charge in [-0.2, -0.15) is 0 Å².